The summed E-state index contributed by atoms with van der Waals surface area (Å²) in [5.41, 5.74) is 2.30. The van der Waals surface area contributed by atoms with Crippen LogP contribution in [0.25, 0.3) is 0 Å². The summed E-state index contributed by atoms with van der Waals surface area (Å²) in [7, 11) is 1.66. The molecule has 0 N–H and O–H groups in total. The van der Waals surface area contributed by atoms with Crippen LogP contribution in [0.1, 0.15) is 23.2 Å². The SMILES string of the molecule is COc1cccc(N2CCN(C(=O)c3ccc(Cl)c(N4CCCC4=O)c3)CC2)c1. The summed E-state index contributed by atoms with van der Waals surface area (Å²) in [4.78, 5) is 30.9. The van der Waals surface area contributed by atoms with E-state index in [2.05, 4.69) is 11.0 Å². The van der Waals surface area contributed by atoms with E-state index in [1.54, 1.807) is 30.2 Å². The van der Waals surface area contributed by atoms with E-state index in [1.165, 1.54) is 0 Å². The number of hydrogen-bond donors (Lipinski definition) is 0. The minimum Gasteiger partial charge on any atom is -0.497 e. The van der Waals surface area contributed by atoms with Crippen molar-refractivity contribution in [1.82, 2.24) is 4.90 Å². The van der Waals surface area contributed by atoms with Crippen LogP contribution < -0.4 is 14.5 Å². The number of anilines is 2. The molecule has 2 fully saturated rings. The second-order valence-corrected chi connectivity index (χ2v) is 7.70. The van der Waals surface area contributed by atoms with Crippen LogP contribution in [-0.4, -0.2) is 56.5 Å². The molecule has 2 aromatic carbocycles. The van der Waals surface area contributed by atoms with Gasteiger partial charge in [0.2, 0.25) is 5.91 Å². The zero-order valence-electron chi connectivity index (χ0n) is 16.4. The first-order valence-corrected chi connectivity index (χ1v) is 10.2. The Morgan fingerprint density at radius 2 is 1.83 bits per heavy atom. The van der Waals surface area contributed by atoms with E-state index in [-0.39, 0.29) is 11.8 Å². The Kier molecular flexibility index (Phi) is 5.62. The molecule has 0 atom stereocenters. The predicted molar refractivity (Wildman–Crippen MR) is 114 cm³/mol. The third-order valence-electron chi connectivity index (χ3n) is 5.54. The monoisotopic (exact) mass is 413 g/mol. The Bertz CT molecular complexity index is 925. The number of rotatable bonds is 4. The molecule has 2 aliphatic rings. The van der Waals surface area contributed by atoms with Crippen molar-refractivity contribution in [2.75, 3.05) is 49.6 Å². The van der Waals surface area contributed by atoms with Crippen LogP contribution in [0.15, 0.2) is 42.5 Å². The van der Waals surface area contributed by atoms with Crippen molar-refractivity contribution in [2.24, 2.45) is 0 Å². The van der Waals surface area contributed by atoms with E-state index >= 15 is 0 Å². The molecule has 29 heavy (non-hydrogen) atoms. The standard InChI is InChI=1S/C22H24ClN3O3/c1-29-18-5-2-4-17(15-18)24-10-12-25(13-11-24)22(28)16-7-8-19(23)20(14-16)26-9-3-6-21(26)27/h2,4-5,7-8,14-15H,3,6,9-13H2,1H3. The second-order valence-electron chi connectivity index (χ2n) is 7.30. The Morgan fingerprint density at radius 3 is 2.52 bits per heavy atom. The molecule has 2 heterocycles. The fourth-order valence-corrected chi connectivity index (χ4v) is 4.13. The molecule has 0 aromatic heterocycles. The van der Waals surface area contributed by atoms with E-state index < -0.39 is 0 Å². The van der Waals surface area contributed by atoms with Crippen molar-refractivity contribution in [3.05, 3.63) is 53.1 Å². The number of amides is 2. The molecule has 152 valence electrons. The third kappa shape index (κ3) is 4.03. The zero-order valence-corrected chi connectivity index (χ0v) is 17.2. The molecule has 2 aromatic rings. The predicted octanol–water partition coefficient (Wildman–Crippen LogP) is 3.44. The Labute approximate surface area is 175 Å². The fraction of sp³-hybridized carbons (Fsp3) is 0.364. The number of carbonyl (C=O) groups excluding carboxylic acids is 2. The highest BCUT2D eigenvalue weighted by atomic mass is 35.5. The second kappa shape index (κ2) is 8.33. The smallest absolute Gasteiger partial charge is 0.254 e. The molecular formula is C22H24ClN3O3. The largest absolute Gasteiger partial charge is 0.497 e. The van der Waals surface area contributed by atoms with Gasteiger partial charge in [-0.2, -0.15) is 0 Å². The van der Waals surface area contributed by atoms with Crippen LogP contribution in [0.4, 0.5) is 11.4 Å². The number of carbonyl (C=O) groups is 2. The van der Waals surface area contributed by atoms with E-state index in [0.717, 1.165) is 30.9 Å². The van der Waals surface area contributed by atoms with Gasteiger partial charge >= 0.3 is 0 Å². The number of piperazine rings is 1. The van der Waals surface area contributed by atoms with Crippen molar-refractivity contribution in [1.29, 1.82) is 0 Å². The molecule has 2 aliphatic heterocycles. The number of halogens is 1. The lowest BCUT2D eigenvalue weighted by molar-refractivity contribution is -0.117. The molecule has 7 heteroatoms. The lowest BCUT2D eigenvalue weighted by atomic mass is 10.1. The highest BCUT2D eigenvalue weighted by Gasteiger charge is 2.27. The van der Waals surface area contributed by atoms with Gasteiger partial charge in [0.25, 0.3) is 5.91 Å². The van der Waals surface area contributed by atoms with Crippen molar-refractivity contribution >= 4 is 34.8 Å². The normalized spacial score (nSPS) is 17.0. The van der Waals surface area contributed by atoms with Crippen molar-refractivity contribution in [2.45, 2.75) is 12.8 Å². The van der Waals surface area contributed by atoms with Gasteiger partial charge in [0, 0.05) is 56.5 Å². The molecule has 2 amide bonds. The Hall–Kier alpha value is -2.73. The average molecular weight is 414 g/mol. The van der Waals surface area contributed by atoms with Gasteiger partial charge in [-0.05, 0) is 36.8 Å². The molecule has 0 aliphatic carbocycles. The summed E-state index contributed by atoms with van der Waals surface area (Å²) in [6, 6.07) is 13.2. The lowest BCUT2D eigenvalue weighted by Crippen LogP contribution is -2.48. The van der Waals surface area contributed by atoms with Crippen LogP contribution in [0.2, 0.25) is 5.02 Å². The number of hydrogen-bond acceptors (Lipinski definition) is 4. The van der Waals surface area contributed by atoms with Crippen LogP contribution in [0.5, 0.6) is 5.75 Å². The van der Waals surface area contributed by atoms with Gasteiger partial charge in [0.1, 0.15) is 5.75 Å². The molecule has 0 bridgehead atoms. The molecule has 0 spiro atoms. The minimum absolute atomic E-state index is 0.0279. The average Bonchev–Trinajstić information content (AvgIpc) is 3.19. The van der Waals surface area contributed by atoms with Crippen LogP contribution in [0.3, 0.4) is 0 Å². The summed E-state index contributed by atoms with van der Waals surface area (Å²) in [6.07, 6.45) is 1.35. The first-order chi connectivity index (χ1) is 14.1. The summed E-state index contributed by atoms with van der Waals surface area (Å²) in [6.45, 7) is 3.43. The van der Waals surface area contributed by atoms with Gasteiger partial charge < -0.3 is 19.4 Å². The summed E-state index contributed by atoms with van der Waals surface area (Å²) in [5.74, 6) is 0.856. The first-order valence-electron chi connectivity index (χ1n) is 9.85. The zero-order chi connectivity index (χ0) is 20.4. The van der Waals surface area contributed by atoms with Crippen LogP contribution >= 0.6 is 11.6 Å². The van der Waals surface area contributed by atoms with Crippen molar-refractivity contribution in [3.63, 3.8) is 0 Å². The number of nitrogens with zero attached hydrogens (tertiary/aromatic N) is 3. The lowest BCUT2D eigenvalue weighted by Gasteiger charge is -2.36. The Morgan fingerprint density at radius 1 is 1.03 bits per heavy atom. The van der Waals surface area contributed by atoms with E-state index in [4.69, 9.17) is 16.3 Å². The number of ether oxygens (including phenoxy) is 1. The minimum atomic E-state index is -0.0279. The summed E-state index contributed by atoms with van der Waals surface area (Å²) >= 11 is 6.31. The van der Waals surface area contributed by atoms with Crippen molar-refractivity contribution < 1.29 is 14.3 Å². The summed E-state index contributed by atoms with van der Waals surface area (Å²) < 4.78 is 5.30. The van der Waals surface area contributed by atoms with Gasteiger partial charge in [0.15, 0.2) is 0 Å². The van der Waals surface area contributed by atoms with Crippen LogP contribution in [-0.2, 0) is 4.79 Å². The van der Waals surface area contributed by atoms with Gasteiger partial charge in [-0.15, -0.1) is 0 Å². The van der Waals surface area contributed by atoms with Gasteiger partial charge in [-0.25, -0.2) is 0 Å². The van der Waals surface area contributed by atoms with Gasteiger partial charge in [-0.1, -0.05) is 17.7 Å². The third-order valence-corrected chi connectivity index (χ3v) is 5.86. The molecule has 4 rings (SSSR count). The van der Waals surface area contributed by atoms with Gasteiger partial charge in [-0.3, -0.25) is 9.59 Å². The molecule has 0 unspecified atom stereocenters. The maximum atomic E-state index is 13.0. The molecular weight excluding hydrogens is 390 g/mol. The van der Waals surface area contributed by atoms with E-state index in [0.29, 0.717) is 42.3 Å². The van der Waals surface area contributed by atoms with E-state index in [9.17, 15) is 9.59 Å². The Balaban J connectivity index is 1.45. The maximum absolute atomic E-state index is 13.0. The molecule has 2 saturated heterocycles. The molecule has 0 saturated carbocycles. The first kappa shape index (κ1) is 19.6. The highest BCUT2D eigenvalue weighted by Crippen LogP contribution is 2.31. The fourth-order valence-electron chi connectivity index (χ4n) is 3.91. The maximum Gasteiger partial charge on any atom is 0.254 e. The molecule has 6 nitrogen and oxygen atoms in total. The topological polar surface area (TPSA) is 53.1 Å². The molecule has 0 radical (unpaired) electrons. The van der Waals surface area contributed by atoms with Crippen molar-refractivity contribution in [3.8, 4) is 5.75 Å². The van der Waals surface area contributed by atoms with Crippen LogP contribution in [0, 0.1) is 0 Å². The number of benzene rings is 2. The van der Waals surface area contributed by atoms with E-state index in [1.807, 2.05) is 23.1 Å². The van der Waals surface area contributed by atoms with Gasteiger partial charge in [0.05, 0.1) is 17.8 Å². The quantitative estimate of drug-likeness (QED) is 0.770. The number of methoxy groups -OCH3 is 1. The highest BCUT2D eigenvalue weighted by molar-refractivity contribution is 6.34. The summed E-state index contributed by atoms with van der Waals surface area (Å²) in [5, 5.41) is 0.500.